The van der Waals surface area contributed by atoms with Crippen LogP contribution in [0.2, 0.25) is 0 Å². The summed E-state index contributed by atoms with van der Waals surface area (Å²) in [5.41, 5.74) is 12.2. The number of hydrogen-bond acceptors (Lipinski definition) is 0. The monoisotopic (exact) mass is 758 g/mol. The predicted molar refractivity (Wildman–Crippen MR) is 259 cm³/mol. The van der Waals surface area contributed by atoms with Gasteiger partial charge < -0.3 is 0 Å². The minimum Gasteiger partial charge on any atom is -0.0616 e. The topological polar surface area (TPSA) is 0 Å². The van der Waals surface area contributed by atoms with Gasteiger partial charge in [-0.3, -0.25) is 0 Å². The van der Waals surface area contributed by atoms with E-state index >= 15 is 0 Å². The van der Waals surface area contributed by atoms with E-state index in [1.54, 1.807) is 0 Å². The van der Waals surface area contributed by atoms with Gasteiger partial charge in [-0.2, -0.15) is 0 Å². The Morgan fingerprint density at radius 1 is 0.167 bits per heavy atom. The van der Waals surface area contributed by atoms with Crippen LogP contribution >= 0.6 is 0 Å². The lowest BCUT2D eigenvalue weighted by Gasteiger charge is -2.21. The summed E-state index contributed by atoms with van der Waals surface area (Å²) in [5.74, 6) is 0. The molecule has 12 rings (SSSR count). The van der Waals surface area contributed by atoms with E-state index in [2.05, 4.69) is 231 Å². The molecule has 0 heterocycles. The second kappa shape index (κ2) is 13.9. The fourth-order valence-electron chi connectivity index (χ4n) is 9.73. The van der Waals surface area contributed by atoms with E-state index in [9.17, 15) is 0 Å². The quantitative estimate of drug-likeness (QED) is 0.153. The van der Waals surface area contributed by atoms with Crippen molar-refractivity contribution < 1.29 is 0 Å². The molecule has 0 amide bonds. The van der Waals surface area contributed by atoms with Crippen molar-refractivity contribution in [1.29, 1.82) is 0 Å². The molecule has 0 unspecified atom stereocenters. The van der Waals surface area contributed by atoms with E-state index < -0.39 is 0 Å². The first-order valence-electron chi connectivity index (χ1n) is 20.8. The molecular weight excluding hydrogens is 721 g/mol. The molecule has 0 aliphatic carbocycles. The zero-order chi connectivity index (χ0) is 39.6. The van der Waals surface area contributed by atoms with Crippen LogP contribution in [0.15, 0.2) is 231 Å². The van der Waals surface area contributed by atoms with Gasteiger partial charge in [0.05, 0.1) is 0 Å². The maximum atomic E-state index is 2.45. The first-order chi connectivity index (χ1) is 29.7. The summed E-state index contributed by atoms with van der Waals surface area (Å²) in [5, 5.41) is 14.9. The molecule has 12 aromatic rings. The molecule has 0 heteroatoms. The largest absolute Gasteiger partial charge is 0.0616 e. The first kappa shape index (κ1) is 34.3. The molecule has 0 fully saturated rings. The van der Waals surface area contributed by atoms with Crippen LogP contribution in [0.4, 0.5) is 0 Å². The maximum absolute atomic E-state index is 2.45. The lowest BCUT2D eigenvalue weighted by Crippen LogP contribution is -1.94. The zero-order valence-corrected chi connectivity index (χ0v) is 32.9. The third-order valence-electron chi connectivity index (χ3n) is 12.6. The van der Waals surface area contributed by atoms with Crippen LogP contribution in [0.1, 0.15) is 0 Å². The Labute approximate surface area is 349 Å². The zero-order valence-electron chi connectivity index (χ0n) is 32.9. The van der Waals surface area contributed by atoms with Crippen molar-refractivity contribution in [2.45, 2.75) is 0 Å². The van der Waals surface area contributed by atoms with Gasteiger partial charge in [-0.15, -0.1) is 0 Å². The predicted octanol–water partition coefficient (Wildman–Crippen LogP) is 16.9. The van der Waals surface area contributed by atoms with Crippen molar-refractivity contribution in [2.75, 3.05) is 0 Å². The standard InChI is InChI=1S/C60H38/c1-3-17-43-33-45(29-27-39(43)13-1)46-31-32-57-58(38-46)60(56-24-10-9-23-55(56)59(57)47-30-28-40-14-2-4-18-44(40)34-47)50-36-48(53-25-11-19-41-15-5-7-21-51(41)53)35-49(37-50)54-26-12-20-42-16-6-8-22-52(42)54/h1-38H. The number of hydrogen-bond donors (Lipinski definition) is 0. The summed E-state index contributed by atoms with van der Waals surface area (Å²) < 4.78 is 0. The van der Waals surface area contributed by atoms with E-state index in [0.29, 0.717) is 0 Å². The lowest BCUT2D eigenvalue weighted by molar-refractivity contribution is 1.61. The normalized spacial score (nSPS) is 11.7. The second-order valence-corrected chi connectivity index (χ2v) is 16.0. The van der Waals surface area contributed by atoms with Gasteiger partial charge >= 0.3 is 0 Å². The Bertz CT molecular complexity index is 3550. The molecule has 0 saturated carbocycles. The van der Waals surface area contributed by atoms with E-state index in [-0.39, 0.29) is 0 Å². The average Bonchev–Trinajstić information content (AvgIpc) is 3.32. The summed E-state index contributed by atoms with van der Waals surface area (Å²) in [6.07, 6.45) is 0. The molecular formula is C60H38. The number of benzene rings is 12. The van der Waals surface area contributed by atoms with E-state index in [0.717, 1.165) is 0 Å². The Morgan fingerprint density at radius 2 is 0.550 bits per heavy atom. The highest BCUT2D eigenvalue weighted by Crippen LogP contribution is 2.47. The van der Waals surface area contributed by atoms with Gasteiger partial charge in [0.1, 0.15) is 0 Å². The summed E-state index contributed by atoms with van der Waals surface area (Å²) >= 11 is 0. The molecule has 0 aliphatic rings. The molecule has 278 valence electrons. The highest BCUT2D eigenvalue weighted by Gasteiger charge is 2.20. The summed E-state index contributed by atoms with van der Waals surface area (Å²) in [6, 6.07) is 85.5. The number of fused-ring (bicyclic) bond motifs is 6. The first-order valence-corrected chi connectivity index (χ1v) is 20.8. The van der Waals surface area contributed by atoms with Crippen LogP contribution in [-0.4, -0.2) is 0 Å². The van der Waals surface area contributed by atoms with Crippen LogP contribution in [0, 0.1) is 0 Å². The summed E-state index contributed by atoms with van der Waals surface area (Å²) in [7, 11) is 0. The van der Waals surface area contributed by atoms with Crippen LogP contribution in [0.25, 0.3) is 120 Å². The van der Waals surface area contributed by atoms with Gasteiger partial charge in [-0.25, -0.2) is 0 Å². The van der Waals surface area contributed by atoms with Gasteiger partial charge in [0, 0.05) is 0 Å². The van der Waals surface area contributed by atoms with Gasteiger partial charge in [-0.05, 0) is 157 Å². The molecule has 0 saturated heterocycles. The molecule has 0 nitrogen and oxygen atoms in total. The maximum Gasteiger partial charge on any atom is -0.00257 e. The Kier molecular flexibility index (Phi) is 7.96. The van der Waals surface area contributed by atoms with Crippen molar-refractivity contribution in [3.05, 3.63) is 231 Å². The molecule has 60 heavy (non-hydrogen) atoms. The van der Waals surface area contributed by atoms with Crippen molar-refractivity contribution in [1.82, 2.24) is 0 Å². The molecule has 0 aliphatic heterocycles. The molecule has 0 N–H and O–H groups in total. The average molecular weight is 759 g/mol. The van der Waals surface area contributed by atoms with Crippen molar-refractivity contribution in [2.24, 2.45) is 0 Å². The molecule has 0 radical (unpaired) electrons. The summed E-state index contributed by atoms with van der Waals surface area (Å²) in [6.45, 7) is 0. The highest BCUT2D eigenvalue weighted by atomic mass is 14.2. The van der Waals surface area contributed by atoms with Gasteiger partial charge in [-0.1, -0.05) is 194 Å². The molecule has 12 aromatic carbocycles. The van der Waals surface area contributed by atoms with E-state index in [1.807, 2.05) is 0 Å². The van der Waals surface area contributed by atoms with Crippen LogP contribution < -0.4 is 0 Å². The Morgan fingerprint density at radius 3 is 1.13 bits per heavy atom. The SMILES string of the molecule is c1ccc2cc(-c3ccc4c(-c5ccc6ccccc6c5)c5ccccc5c(-c5cc(-c6cccc7ccccc67)cc(-c6cccc7ccccc67)c5)c4c3)ccc2c1. The van der Waals surface area contributed by atoms with Gasteiger partial charge in [0.2, 0.25) is 0 Å². The summed E-state index contributed by atoms with van der Waals surface area (Å²) in [4.78, 5) is 0. The van der Waals surface area contributed by atoms with E-state index in [4.69, 9.17) is 0 Å². The molecule has 0 atom stereocenters. The third kappa shape index (κ3) is 5.69. The van der Waals surface area contributed by atoms with Crippen LogP contribution in [0.5, 0.6) is 0 Å². The smallest absolute Gasteiger partial charge is 0.00257 e. The fourth-order valence-corrected chi connectivity index (χ4v) is 9.73. The Hall–Kier alpha value is -7.80. The molecule has 0 aromatic heterocycles. The van der Waals surface area contributed by atoms with Gasteiger partial charge in [0.25, 0.3) is 0 Å². The number of rotatable bonds is 5. The minimum absolute atomic E-state index is 1.20. The van der Waals surface area contributed by atoms with Crippen LogP contribution in [0.3, 0.4) is 0 Å². The van der Waals surface area contributed by atoms with Crippen molar-refractivity contribution >= 4 is 64.6 Å². The molecule has 0 spiro atoms. The van der Waals surface area contributed by atoms with Gasteiger partial charge in [0.15, 0.2) is 0 Å². The minimum atomic E-state index is 1.20. The Balaban J connectivity index is 1.21. The van der Waals surface area contributed by atoms with Crippen LogP contribution in [-0.2, 0) is 0 Å². The lowest BCUT2D eigenvalue weighted by atomic mass is 9.83. The van der Waals surface area contributed by atoms with Crippen molar-refractivity contribution in [3.63, 3.8) is 0 Å². The molecule has 0 bridgehead atoms. The second-order valence-electron chi connectivity index (χ2n) is 16.0. The van der Waals surface area contributed by atoms with E-state index in [1.165, 1.54) is 120 Å². The van der Waals surface area contributed by atoms with Crippen molar-refractivity contribution in [3.8, 4) is 55.6 Å². The third-order valence-corrected chi connectivity index (χ3v) is 12.6. The fraction of sp³-hybridized carbons (Fsp3) is 0. The highest BCUT2D eigenvalue weighted by molar-refractivity contribution is 6.23.